The van der Waals surface area contributed by atoms with Crippen molar-refractivity contribution in [3.8, 4) is 0 Å². The van der Waals surface area contributed by atoms with Gasteiger partial charge >= 0.3 is 5.97 Å². The van der Waals surface area contributed by atoms with Gasteiger partial charge in [-0.1, -0.05) is 42.9 Å². The Balaban J connectivity index is 4.30. The van der Waals surface area contributed by atoms with Crippen molar-refractivity contribution in [2.45, 2.75) is 46.5 Å². The van der Waals surface area contributed by atoms with E-state index >= 15 is 0 Å². The lowest BCUT2D eigenvalue weighted by Gasteiger charge is -2.08. The number of carboxylic acids is 1. The van der Waals surface area contributed by atoms with Crippen LogP contribution in [0.2, 0.25) is 0 Å². The van der Waals surface area contributed by atoms with Gasteiger partial charge in [-0.15, -0.1) is 6.58 Å². The molecular weight excluding hydrogens is 236 g/mol. The van der Waals surface area contributed by atoms with Crippen molar-refractivity contribution in [1.82, 2.24) is 0 Å². The first-order valence-corrected chi connectivity index (χ1v) is 6.78. The summed E-state index contributed by atoms with van der Waals surface area (Å²) in [7, 11) is 0. The van der Waals surface area contributed by atoms with E-state index in [-0.39, 0.29) is 0 Å². The Morgan fingerprint density at radius 1 is 1.32 bits per heavy atom. The number of aliphatic carboxylic acids is 1. The Kier molecular flexibility index (Phi) is 8.60. The van der Waals surface area contributed by atoms with Crippen LogP contribution in [0.1, 0.15) is 46.5 Å². The zero-order chi connectivity index (χ0) is 14.8. The third-order valence-corrected chi connectivity index (χ3v) is 3.37. The summed E-state index contributed by atoms with van der Waals surface area (Å²) in [6.07, 6.45) is 8.99. The van der Waals surface area contributed by atoms with E-state index in [0.29, 0.717) is 6.42 Å². The molecule has 1 atom stereocenters. The molecule has 0 fully saturated rings. The lowest BCUT2D eigenvalue weighted by atomic mass is 9.98. The van der Waals surface area contributed by atoms with Gasteiger partial charge in [-0.3, -0.25) is 4.79 Å². The van der Waals surface area contributed by atoms with E-state index in [4.69, 9.17) is 5.11 Å². The van der Waals surface area contributed by atoms with Gasteiger partial charge in [0.25, 0.3) is 0 Å². The zero-order valence-electron chi connectivity index (χ0n) is 12.4. The van der Waals surface area contributed by atoms with Crippen molar-refractivity contribution in [2.24, 2.45) is 5.92 Å². The molecule has 0 aromatic carbocycles. The number of hydrogen-bond acceptors (Lipinski definition) is 1. The molecular formula is C17H26O2. The van der Waals surface area contributed by atoms with Gasteiger partial charge in [0.2, 0.25) is 0 Å². The molecule has 2 heteroatoms. The van der Waals surface area contributed by atoms with Gasteiger partial charge in [0.1, 0.15) is 0 Å². The normalized spacial score (nSPS) is 14.1. The van der Waals surface area contributed by atoms with E-state index in [1.807, 2.05) is 6.92 Å². The monoisotopic (exact) mass is 262 g/mol. The minimum Gasteiger partial charge on any atom is -0.481 e. The highest BCUT2D eigenvalue weighted by Gasteiger charge is 2.10. The Morgan fingerprint density at radius 3 is 2.37 bits per heavy atom. The first kappa shape index (κ1) is 17.4. The van der Waals surface area contributed by atoms with Crippen molar-refractivity contribution in [3.05, 3.63) is 48.1 Å². The molecule has 2 nitrogen and oxygen atoms in total. The van der Waals surface area contributed by atoms with Gasteiger partial charge in [-0.2, -0.15) is 0 Å². The fraction of sp³-hybridized carbons (Fsp3) is 0.471. The summed E-state index contributed by atoms with van der Waals surface area (Å²) in [6.45, 7) is 13.8. The van der Waals surface area contributed by atoms with Crippen LogP contribution in [0.15, 0.2) is 48.1 Å². The van der Waals surface area contributed by atoms with E-state index in [0.717, 1.165) is 24.8 Å². The van der Waals surface area contributed by atoms with Crippen LogP contribution in [-0.2, 0) is 4.79 Å². The summed E-state index contributed by atoms with van der Waals surface area (Å²) >= 11 is 0. The van der Waals surface area contributed by atoms with Crippen molar-refractivity contribution in [1.29, 1.82) is 0 Å². The molecule has 0 bridgehead atoms. The molecule has 1 N–H and O–H groups in total. The summed E-state index contributed by atoms with van der Waals surface area (Å²) in [5, 5.41) is 8.88. The van der Waals surface area contributed by atoms with Crippen LogP contribution < -0.4 is 0 Å². The molecule has 0 spiro atoms. The van der Waals surface area contributed by atoms with Crippen molar-refractivity contribution >= 4 is 5.97 Å². The molecule has 0 aliphatic heterocycles. The second-order valence-electron chi connectivity index (χ2n) is 4.80. The van der Waals surface area contributed by atoms with Crippen molar-refractivity contribution in [2.75, 3.05) is 0 Å². The second kappa shape index (κ2) is 9.37. The van der Waals surface area contributed by atoms with Crippen molar-refractivity contribution < 1.29 is 9.90 Å². The molecule has 0 aliphatic rings. The average molecular weight is 262 g/mol. The molecule has 0 heterocycles. The van der Waals surface area contributed by atoms with Crippen LogP contribution in [0.3, 0.4) is 0 Å². The maximum absolute atomic E-state index is 10.8. The molecule has 19 heavy (non-hydrogen) atoms. The van der Waals surface area contributed by atoms with Gasteiger partial charge in [0.15, 0.2) is 0 Å². The maximum Gasteiger partial charge on any atom is 0.310 e. The summed E-state index contributed by atoms with van der Waals surface area (Å²) in [6, 6.07) is 0. The summed E-state index contributed by atoms with van der Waals surface area (Å²) < 4.78 is 0. The van der Waals surface area contributed by atoms with Crippen LogP contribution in [0.4, 0.5) is 0 Å². The second-order valence-corrected chi connectivity index (χ2v) is 4.80. The lowest BCUT2D eigenvalue weighted by molar-refractivity contribution is -0.140. The van der Waals surface area contributed by atoms with E-state index in [9.17, 15) is 4.79 Å². The van der Waals surface area contributed by atoms with Crippen LogP contribution in [-0.4, -0.2) is 11.1 Å². The fourth-order valence-corrected chi connectivity index (χ4v) is 1.83. The van der Waals surface area contributed by atoms with E-state index in [1.54, 1.807) is 0 Å². The number of hydrogen-bond donors (Lipinski definition) is 1. The minimum atomic E-state index is -0.796. The van der Waals surface area contributed by atoms with E-state index in [2.05, 4.69) is 39.2 Å². The van der Waals surface area contributed by atoms with Gasteiger partial charge in [-0.25, -0.2) is 0 Å². The highest BCUT2D eigenvalue weighted by atomic mass is 16.4. The molecule has 106 valence electrons. The molecule has 1 unspecified atom stereocenters. The highest BCUT2D eigenvalue weighted by molar-refractivity contribution is 5.71. The third-order valence-electron chi connectivity index (χ3n) is 3.37. The van der Waals surface area contributed by atoms with Gasteiger partial charge in [0, 0.05) is 0 Å². The summed E-state index contributed by atoms with van der Waals surface area (Å²) in [4.78, 5) is 10.8. The van der Waals surface area contributed by atoms with Gasteiger partial charge < -0.3 is 5.11 Å². The molecule has 0 radical (unpaired) electrons. The number of rotatable bonds is 9. The number of carbonyl (C=O) groups is 1. The van der Waals surface area contributed by atoms with Crippen molar-refractivity contribution in [3.63, 3.8) is 0 Å². The topological polar surface area (TPSA) is 37.3 Å². The lowest BCUT2D eigenvalue weighted by Crippen LogP contribution is -2.09. The van der Waals surface area contributed by atoms with Crippen LogP contribution in [0, 0.1) is 5.92 Å². The first-order chi connectivity index (χ1) is 8.93. The molecule has 0 aliphatic carbocycles. The van der Waals surface area contributed by atoms with Crippen LogP contribution in [0.5, 0.6) is 0 Å². The minimum absolute atomic E-state index is 0.442. The predicted octanol–water partition coefficient (Wildman–Crippen LogP) is 4.90. The molecule has 0 aromatic rings. The first-order valence-electron chi connectivity index (χ1n) is 6.78. The van der Waals surface area contributed by atoms with Crippen LogP contribution in [0.25, 0.3) is 0 Å². The Bertz CT molecular complexity index is 386. The van der Waals surface area contributed by atoms with Gasteiger partial charge in [-0.05, 0) is 45.1 Å². The average Bonchev–Trinajstić information content (AvgIpc) is 2.36. The third kappa shape index (κ3) is 6.80. The Labute approximate surface area is 117 Å². The largest absolute Gasteiger partial charge is 0.481 e. The van der Waals surface area contributed by atoms with E-state index < -0.39 is 11.9 Å². The number of carboxylic acid groups (broad SMARTS) is 1. The standard InChI is InChI=1S/C17H26O2/c1-6-15(14(5)13(3)4)11-9-8-10-12-16(7-2)17(18)19/h7-9,16H,2-3,6,10-12H2,1,4-5H3,(H,18,19)/b9-8+,15-14+. The highest BCUT2D eigenvalue weighted by Crippen LogP contribution is 2.19. The quantitative estimate of drug-likeness (QED) is 0.474. The maximum atomic E-state index is 10.8. The summed E-state index contributed by atoms with van der Waals surface area (Å²) in [5.41, 5.74) is 3.78. The molecule has 0 amide bonds. The Hall–Kier alpha value is -1.57. The summed E-state index contributed by atoms with van der Waals surface area (Å²) in [5.74, 6) is -1.24. The zero-order valence-corrected chi connectivity index (χ0v) is 12.4. The smallest absolute Gasteiger partial charge is 0.310 e. The fourth-order valence-electron chi connectivity index (χ4n) is 1.83. The molecule has 0 saturated heterocycles. The molecule has 0 aromatic heterocycles. The Morgan fingerprint density at radius 2 is 1.95 bits per heavy atom. The van der Waals surface area contributed by atoms with E-state index in [1.165, 1.54) is 17.2 Å². The van der Waals surface area contributed by atoms with Gasteiger partial charge in [0.05, 0.1) is 5.92 Å². The predicted molar refractivity (Wildman–Crippen MR) is 82.1 cm³/mol. The number of allylic oxidation sites excluding steroid dienone is 5. The van der Waals surface area contributed by atoms with Crippen LogP contribution >= 0.6 is 0 Å². The molecule has 0 rings (SSSR count). The molecule has 0 saturated carbocycles. The SMILES string of the molecule is C=CC(CC/C=C/C/C(CC)=C(\C)C(=C)C)C(=O)O.